The summed E-state index contributed by atoms with van der Waals surface area (Å²) in [5.41, 5.74) is 3.43. The van der Waals surface area contributed by atoms with Crippen LogP contribution in [0.25, 0.3) is 0 Å². The Kier molecular flexibility index (Phi) is 4.30. The fourth-order valence-corrected chi connectivity index (χ4v) is 3.76. The molecule has 94 valence electrons. The molecule has 2 rings (SSSR count). The fourth-order valence-electron chi connectivity index (χ4n) is 2.95. The summed E-state index contributed by atoms with van der Waals surface area (Å²) in [7, 11) is 0. The average Bonchev–Trinajstić information content (AvgIpc) is 2.33. The number of rotatable bonds is 3. The molecule has 0 N–H and O–H groups in total. The molecule has 17 heavy (non-hydrogen) atoms. The number of hydrogen-bond acceptors (Lipinski definition) is 0. The normalized spacial score (nSPS) is 21.1. The molecule has 1 aromatic carbocycles. The Morgan fingerprint density at radius 2 is 1.82 bits per heavy atom. The van der Waals surface area contributed by atoms with Crippen LogP contribution >= 0.6 is 15.9 Å². The van der Waals surface area contributed by atoms with Crippen molar-refractivity contribution < 1.29 is 0 Å². The van der Waals surface area contributed by atoms with Crippen LogP contribution in [-0.2, 0) is 6.42 Å². The van der Waals surface area contributed by atoms with Crippen molar-refractivity contribution in [1.29, 1.82) is 0 Å². The first-order chi connectivity index (χ1) is 8.12. The zero-order chi connectivity index (χ0) is 12.3. The summed E-state index contributed by atoms with van der Waals surface area (Å²) < 4.78 is 0. The smallest absolute Gasteiger partial charge is 0.0240 e. The van der Waals surface area contributed by atoms with Gasteiger partial charge in [0.05, 0.1) is 0 Å². The highest BCUT2D eigenvalue weighted by Crippen LogP contribution is 2.43. The summed E-state index contributed by atoms with van der Waals surface area (Å²) >= 11 is 3.97. The van der Waals surface area contributed by atoms with Crippen LogP contribution in [0.4, 0.5) is 0 Å². The van der Waals surface area contributed by atoms with Crippen LogP contribution in [0.1, 0.15) is 50.2 Å². The predicted octanol–water partition coefficient (Wildman–Crippen LogP) is 5.27. The van der Waals surface area contributed by atoms with Crippen LogP contribution < -0.4 is 0 Å². The largest absolute Gasteiger partial charge is 0.0881 e. The maximum atomic E-state index is 3.97. The van der Waals surface area contributed by atoms with E-state index in [2.05, 4.69) is 54.0 Å². The first kappa shape index (κ1) is 13.1. The monoisotopic (exact) mass is 294 g/mol. The second-order valence-corrected chi connectivity index (χ2v) is 6.92. The Morgan fingerprint density at radius 3 is 2.47 bits per heavy atom. The molecule has 1 atom stereocenters. The van der Waals surface area contributed by atoms with Gasteiger partial charge in [0.1, 0.15) is 0 Å². The molecule has 0 nitrogen and oxygen atoms in total. The third-order valence-electron chi connectivity index (χ3n) is 4.41. The van der Waals surface area contributed by atoms with Crippen LogP contribution in [0.3, 0.4) is 0 Å². The third-order valence-corrected chi connectivity index (χ3v) is 5.84. The minimum absolute atomic E-state index is 0.501. The number of halogens is 1. The van der Waals surface area contributed by atoms with E-state index < -0.39 is 0 Å². The average molecular weight is 295 g/mol. The molecule has 0 heterocycles. The van der Waals surface area contributed by atoms with Gasteiger partial charge in [0.15, 0.2) is 0 Å². The van der Waals surface area contributed by atoms with Crippen molar-refractivity contribution in [3.05, 3.63) is 35.4 Å². The van der Waals surface area contributed by atoms with Gasteiger partial charge < -0.3 is 0 Å². The van der Waals surface area contributed by atoms with Crippen LogP contribution in [0, 0.1) is 12.3 Å². The summed E-state index contributed by atoms with van der Waals surface area (Å²) in [6.07, 6.45) is 8.19. The molecule has 1 aliphatic carbocycles. The first-order valence-electron chi connectivity index (χ1n) is 6.80. The van der Waals surface area contributed by atoms with Crippen molar-refractivity contribution in [1.82, 2.24) is 0 Å². The van der Waals surface area contributed by atoms with E-state index in [0.29, 0.717) is 10.2 Å². The molecule has 0 radical (unpaired) electrons. The van der Waals surface area contributed by atoms with Crippen molar-refractivity contribution in [2.45, 2.75) is 57.2 Å². The molecule has 0 aliphatic heterocycles. The molecular formula is C16H23Br. The molecule has 0 bridgehead atoms. The molecular weight excluding hydrogens is 272 g/mol. The molecule has 1 aliphatic rings. The zero-order valence-corrected chi connectivity index (χ0v) is 12.6. The van der Waals surface area contributed by atoms with Crippen LogP contribution in [0.5, 0.6) is 0 Å². The Bertz CT molecular complexity index is 364. The summed E-state index contributed by atoms with van der Waals surface area (Å²) in [6.45, 7) is 4.68. The highest BCUT2D eigenvalue weighted by Gasteiger charge is 2.33. The van der Waals surface area contributed by atoms with Gasteiger partial charge in [-0.15, -0.1) is 0 Å². The van der Waals surface area contributed by atoms with Crippen molar-refractivity contribution in [2.24, 2.45) is 5.41 Å². The minimum Gasteiger partial charge on any atom is -0.0881 e. The van der Waals surface area contributed by atoms with Gasteiger partial charge in [-0.1, -0.05) is 66.4 Å². The van der Waals surface area contributed by atoms with Gasteiger partial charge in [0.25, 0.3) is 0 Å². The Morgan fingerprint density at radius 1 is 1.18 bits per heavy atom. The lowest BCUT2D eigenvalue weighted by Gasteiger charge is -2.38. The molecule has 1 fully saturated rings. The lowest BCUT2D eigenvalue weighted by atomic mass is 9.72. The third kappa shape index (κ3) is 3.13. The highest BCUT2D eigenvalue weighted by atomic mass is 79.9. The van der Waals surface area contributed by atoms with Gasteiger partial charge in [-0.05, 0) is 42.7 Å². The Labute approximate surface area is 114 Å². The summed E-state index contributed by atoms with van der Waals surface area (Å²) in [4.78, 5) is 0.622. The quantitative estimate of drug-likeness (QED) is 0.666. The van der Waals surface area contributed by atoms with Gasteiger partial charge in [-0.2, -0.15) is 0 Å². The summed E-state index contributed by atoms with van der Waals surface area (Å²) in [5, 5.41) is 0. The number of alkyl halides is 1. The second-order valence-electron chi connectivity index (χ2n) is 5.81. The van der Waals surface area contributed by atoms with E-state index in [4.69, 9.17) is 0 Å². The second kappa shape index (κ2) is 5.56. The van der Waals surface area contributed by atoms with Crippen molar-refractivity contribution in [2.75, 3.05) is 0 Å². The number of benzene rings is 1. The van der Waals surface area contributed by atoms with E-state index in [1.165, 1.54) is 49.7 Å². The highest BCUT2D eigenvalue weighted by molar-refractivity contribution is 9.09. The van der Waals surface area contributed by atoms with E-state index in [-0.39, 0.29) is 0 Å². The SMILES string of the molecule is Cc1ccccc1CC(Br)C1(C)CCCCC1. The Hall–Kier alpha value is -0.300. The van der Waals surface area contributed by atoms with Crippen molar-refractivity contribution in [3.63, 3.8) is 0 Å². The summed E-state index contributed by atoms with van der Waals surface area (Å²) in [5.74, 6) is 0. The molecule has 0 spiro atoms. The van der Waals surface area contributed by atoms with E-state index in [1.807, 2.05) is 0 Å². The molecule has 1 unspecified atom stereocenters. The predicted molar refractivity (Wildman–Crippen MR) is 78.8 cm³/mol. The molecule has 1 aromatic rings. The van der Waals surface area contributed by atoms with Gasteiger partial charge >= 0.3 is 0 Å². The molecule has 0 aromatic heterocycles. The van der Waals surface area contributed by atoms with Crippen LogP contribution in [0.2, 0.25) is 0 Å². The van der Waals surface area contributed by atoms with Crippen molar-refractivity contribution >= 4 is 15.9 Å². The maximum absolute atomic E-state index is 3.97. The Balaban J connectivity index is 2.05. The molecule has 1 heteroatoms. The minimum atomic E-state index is 0.501. The molecule has 0 amide bonds. The van der Waals surface area contributed by atoms with Gasteiger partial charge in [0, 0.05) is 4.83 Å². The first-order valence-corrected chi connectivity index (χ1v) is 7.72. The molecule has 1 saturated carbocycles. The number of aryl methyl sites for hydroxylation is 1. The fraction of sp³-hybridized carbons (Fsp3) is 0.625. The van der Waals surface area contributed by atoms with Gasteiger partial charge in [-0.25, -0.2) is 0 Å². The van der Waals surface area contributed by atoms with Crippen LogP contribution in [0.15, 0.2) is 24.3 Å². The van der Waals surface area contributed by atoms with Crippen LogP contribution in [-0.4, -0.2) is 4.83 Å². The maximum Gasteiger partial charge on any atom is 0.0240 e. The van der Waals surface area contributed by atoms with Gasteiger partial charge in [0.2, 0.25) is 0 Å². The van der Waals surface area contributed by atoms with E-state index in [1.54, 1.807) is 0 Å². The lowest BCUT2D eigenvalue weighted by Crippen LogP contribution is -2.31. The van der Waals surface area contributed by atoms with Gasteiger partial charge in [-0.3, -0.25) is 0 Å². The van der Waals surface area contributed by atoms with Crippen molar-refractivity contribution in [3.8, 4) is 0 Å². The topological polar surface area (TPSA) is 0 Å². The lowest BCUT2D eigenvalue weighted by molar-refractivity contribution is 0.211. The summed E-state index contributed by atoms with van der Waals surface area (Å²) in [6, 6.07) is 8.78. The van der Waals surface area contributed by atoms with E-state index in [0.717, 1.165) is 0 Å². The van der Waals surface area contributed by atoms with E-state index in [9.17, 15) is 0 Å². The standard InChI is InChI=1S/C16H23Br/c1-13-8-4-5-9-14(13)12-15(17)16(2)10-6-3-7-11-16/h4-5,8-9,15H,3,6-7,10-12H2,1-2H3. The number of hydrogen-bond donors (Lipinski definition) is 0. The van der Waals surface area contributed by atoms with E-state index >= 15 is 0 Å². The zero-order valence-electron chi connectivity index (χ0n) is 11.0. The molecule has 0 saturated heterocycles.